The summed E-state index contributed by atoms with van der Waals surface area (Å²) in [6, 6.07) is 18.2. The average molecular weight is 324 g/mol. The molecule has 0 spiro atoms. The summed E-state index contributed by atoms with van der Waals surface area (Å²) in [5, 5.41) is 2.77. The molecule has 0 radical (unpaired) electrons. The first-order valence-corrected chi connectivity index (χ1v) is 8.39. The summed E-state index contributed by atoms with van der Waals surface area (Å²) in [5.74, 6) is 1.14. The fourth-order valence-corrected chi connectivity index (χ4v) is 3.25. The van der Waals surface area contributed by atoms with Gasteiger partial charge in [0.2, 0.25) is 5.91 Å². The van der Waals surface area contributed by atoms with Crippen LogP contribution in [0, 0.1) is 0 Å². The molecule has 2 unspecified atom stereocenters. The normalized spacial score (nSPS) is 21.2. The minimum absolute atomic E-state index is 0.0665. The molecule has 1 saturated heterocycles. The highest BCUT2D eigenvalue weighted by molar-refractivity contribution is 5.88. The Labute approximate surface area is 143 Å². The lowest BCUT2D eigenvalue weighted by Gasteiger charge is -2.37. The molecule has 4 heteroatoms. The quantitative estimate of drug-likeness (QED) is 0.936. The molecule has 2 atom stereocenters. The van der Waals surface area contributed by atoms with E-state index < -0.39 is 0 Å². The smallest absolute Gasteiger partial charge is 0.221 e. The number of benzene rings is 2. The maximum atomic E-state index is 11.1. The van der Waals surface area contributed by atoms with Crippen LogP contribution in [-0.4, -0.2) is 37.0 Å². The Kier molecular flexibility index (Phi) is 5.16. The van der Waals surface area contributed by atoms with Crippen molar-refractivity contribution >= 4 is 11.6 Å². The Balaban J connectivity index is 1.73. The number of anilines is 1. The maximum Gasteiger partial charge on any atom is 0.221 e. The number of ether oxygens (including phenoxy) is 1. The number of nitrogens with zero attached hydrogens (tertiary/aromatic N) is 1. The summed E-state index contributed by atoms with van der Waals surface area (Å²) < 4.78 is 6.29. The lowest BCUT2D eigenvalue weighted by Crippen LogP contribution is -2.42. The van der Waals surface area contributed by atoms with Gasteiger partial charge in [-0.15, -0.1) is 0 Å². The van der Waals surface area contributed by atoms with Gasteiger partial charge in [-0.25, -0.2) is 0 Å². The Morgan fingerprint density at radius 3 is 2.50 bits per heavy atom. The lowest BCUT2D eigenvalue weighted by atomic mass is 9.88. The van der Waals surface area contributed by atoms with Crippen LogP contribution in [0.4, 0.5) is 5.69 Å². The molecule has 0 bridgehead atoms. The molecule has 0 aromatic heterocycles. The van der Waals surface area contributed by atoms with Crippen LogP contribution in [0.1, 0.15) is 24.8 Å². The van der Waals surface area contributed by atoms with E-state index in [4.69, 9.17) is 4.74 Å². The van der Waals surface area contributed by atoms with Crippen LogP contribution in [-0.2, 0) is 4.79 Å². The fraction of sp³-hybridized carbons (Fsp3) is 0.350. The number of carbonyl (C=O) groups is 1. The Bertz CT molecular complexity index is 670. The van der Waals surface area contributed by atoms with E-state index >= 15 is 0 Å². The van der Waals surface area contributed by atoms with Crippen molar-refractivity contribution in [2.24, 2.45) is 0 Å². The monoisotopic (exact) mass is 324 g/mol. The molecular formula is C20H24N2O2. The second kappa shape index (κ2) is 7.49. The zero-order valence-electron chi connectivity index (χ0n) is 14.2. The van der Waals surface area contributed by atoms with E-state index in [1.54, 1.807) is 0 Å². The van der Waals surface area contributed by atoms with E-state index in [2.05, 4.69) is 41.5 Å². The van der Waals surface area contributed by atoms with Gasteiger partial charge < -0.3 is 15.0 Å². The van der Waals surface area contributed by atoms with Crippen molar-refractivity contribution in [2.45, 2.75) is 25.4 Å². The van der Waals surface area contributed by atoms with Crippen LogP contribution >= 0.6 is 0 Å². The third-order valence-corrected chi connectivity index (χ3v) is 4.44. The van der Waals surface area contributed by atoms with Crippen LogP contribution in [0.25, 0.3) is 0 Å². The van der Waals surface area contributed by atoms with Gasteiger partial charge in [0, 0.05) is 31.6 Å². The van der Waals surface area contributed by atoms with Gasteiger partial charge in [-0.3, -0.25) is 4.79 Å². The number of carbonyl (C=O) groups excluding carboxylic acids is 1. The molecule has 1 aliphatic heterocycles. The van der Waals surface area contributed by atoms with Crippen molar-refractivity contribution in [2.75, 3.05) is 25.5 Å². The van der Waals surface area contributed by atoms with E-state index in [0.29, 0.717) is 5.92 Å². The zero-order valence-corrected chi connectivity index (χ0v) is 14.2. The van der Waals surface area contributed by atoms with Crippen LogP contribution < -0.4 is 10.1 Å². The largest absolute Gasteiger partial charge is 0.490 e. The van der Waals surface area contributed by atoms with E-state index in [1.807, 2.05) is 30.3 Å². The zero-order chi connectivity index (χ0) is 16.9. The summed E-state index contributed by atoms with van der Waals surface area (Å²) >= 11 is 0. The van der Waals surface area contributed by atoms with Crippen LogP contribution in [0.2, 0.25) is 0 Å². The van der Waals surface area contributed by atoms with Gasteiger partial charge in [-0.05, 0) is 43.3 Å². The van der Waals surface area contributed by atoms with E-state index in [9.17, 15) is 4.79 Å². The van der Waals surface area contributed by atoms with Gasteiger partial charge in [-0.1, -0.05) is 30.3 Å². The molecule has 3 rings (SSSR count). The number of hydrogen-bond donors (Lipinski definition) is 1. The minimum atomic E-state index is -0.0665. The third-order valence-electron chi connectivity index (χ3n) is 4.44. The van der Waals surface area contributed by atoms with Crippen molar-refractivity contribution in [1.29, 1.82) is 0 Å². The summed E-state index contributed by atoms with van der Waals surface area (Å²) in [5.41, 5.74) is 2.11. The summed E-state index contributed by atoms with van der Waals surface area (Å²) in [7, 11) is 2.16. The Morgan fingerprint density at radius 1 is 1.12 bits per heavy atom. The van der Waals surface area contributed by atoms with Gasteiger partial charge in [0.1, 0.15) is 11.9 Å². The highest BCUT2D eigenvalue weighted by Crippen LogP contribution is 2.30. The molecule has 126 valence electrons. The predicted molar refractivity (Wildman–Crippen MR) is 96.5 cm³/mol. The summed E-state index contributed by atoms with van der Waals surface area (Å²) in [6.45, 7) is 3.55. The molecule has 0 aliphatic carbocycles. The fourth-order valence-electron chi connectivity index (χ4n) is 3.25. The molecule has 2 aromatic carbocycles. The van der Waals surface area contributed by atoms with Crippen molar-refractivity contribution in [1.82, 2.24) is 4.90 Å². The molecule has 1 N–H and O–H groups in total. The van der Waals surface area contributed by atoms with E-state index in [-0.39, 0.29) is 12.0 Å². The number of amides is 1. The molecule has 2 aromatic rings. The molecule has 1 aliphatic rings. The molecule has 1 amide bonds. The van der Waals surface area contributed by atoms with Crippen LogP contribution in [0.3, 0.4) is 0 Å². The van der Waals surface area contributed by atoms with Crippen molar-refractivity contribution in [3.8, 4) is 5.75 Å². The first-order valence-electron chi connectivity index (χ1n) is 8.39. The standard InChI is InChI=1S/C20H24N2O2/c1-15(23)21-17-8-10-18(11-9-17)24-20-12-13-22(2)14-19(20)16-6-4-3-5-7-16/h3-11,19-20H,12-14H2,1-2H3,(H,21,23). The summed E-state index contributed by atoms with van der Waals surface area (Å²) in [6.07, 6.45) is 1.17. The second-order valence-corrected chi connectivity index (χ2v) is 6.43. The van der Waals surface area contributed by atoms with E-state index in [0.717, 1.165) is 30.9 Å². The number of hydrogen-bond acceptors (Lipinski definition) is 3. The number of nitrogens with one attached hydrogen (secondary N) is 1. The highest BCUT2D eigenvalue weighted by atomic mass is 16.5. The van der Waals surface area contributed by atoms with Crippen molar-refractivity contribution < 1.29 is 9.53 Å². The average Bonchev–Trinajstić information content (AvgIpc) is 2.58. The second-order valence-electron chi connectivity index (χ2n) is 6.43. The molecule has 0 saturated carbocycles. The van der Waals surface area contributed by atoms with Crippen LogP contribution in [0.5, 0.6) is 5.75 Å². The van der Waals surface area contributed by atoms with Crippen molar-refractivity contribution in [3.63, 3.8) is 0 Å². The first-order chi connectivity index (χ1) is 11.6. The maximum absolute atomic E-state index is 11.1. The molecule has 1 heterocycles. The van der Waals surface area contributed by atoms with Crippen LogP contribution in [0.15, 0.2) is 54.6 Å². The SMILES string of the molecule is CC(=O)Nc1ccc(OC2CCN(C)CC2c2ccccc2)cc1. The summed E-state index contributed by atoms with van der Waals surface area (Å²) in [4.78, 5) is 13.5. The van der Waals surface area contributed by atoms with Gasteiger partial charge >= 0.3 is 0 Å². The number of rotatable bonds is 4. The Hall–Kier alpha value is -2.33. The number of likely N-dealkylation sites (N-methyl/N-ethyl adjacent to an activating group) is 1. The van der Waals surface area contributed by atoms with Gasteiger partial charge in [0.15, 0.2) is 0 Å². The van der Waals surface area contributed by atoms with Gasteiger partial charge in [0.25, 0.3) is 0 Å². The first kappa shape index (κ1) is 16.5. The Morgan fingerprint density at radius 2 is 1.83 bits per heavy atom. The third kappa shape index (κ3) is 4.15. The molecule has 1 fully saturated rings. The minimum Gasteiger partial charge on any atom is -0.490 e. The number of piperidine rings is 1. The molecule has 4 nitrogen and oxygen atoms in total. The number of likely N-dealkylation sites (tertiary alicyclic amines) is 1. The topological polar surface area (TPSA) is 41.6 Å². The molecular weight excluding hydrogens is 300 g/mol. The highest BCUT2D eigenvalue weighted by Gasteiger charge is 2.30. The van der Waals surface area contributed by atoms with E-state index in [1.165, 1.54) is 12.5 Å². The van der Waals surface area contributed by atoms with Gasteiger partial charge in [-0.2, -0.15) is 0 Å². The van der Waals surface area contributed by atoms with Gasteiger partial charge in [0.05, 0.1) is 0 Å². The van der Waals surface area contributed by atoms with Crippen molar-refractivity contribution in [3.05, 3.63) is 60.2 Å². The molecule has 24 heavy (non-hydrogen) atoms. The predicted octanol–water partition coefficient (Wildman–Crippen LogP) is 3.51. The lowest BCUT2D eigenvalue weighted by molar-refractivity contribution is -0.114.